The van der Waals surface area contributed by atoms with Gasteiger partial charge in [0.1, 0.15) is 0 Å². The maximum Gasteiger partial charge on any atom is 0.333 e. The summed E-state index contributed by atoms with van der Waals surface area (Å²) < 4.78 is 4.80. The number of esters is 1. The van der Waals surface area contributed by atoms with E-state index in [9.17, 15) is 14.9 Å². The first-order valence-corrected chi connectivity index (χ1v) is 5.63. The van der Waals surface area contributed by atoms with E-state index in [2.05, 4.69) is 0 Å². The maximum absolute atomic E-state index is 11.4. The number of halogens is 1. The Morgan fingerprint density at radius 2 is 2.22 bits per heavy atom. The number of nitro benzene ring substituents is 1. The van der Waals surface area contributed by atoms with Gasteiger partial charge in [-0.2, -0.15) is 0 Å². The third kappa shape index (κ3) is 3.56. The molecule has 0 atom stereocenters. The van der Waals surface area contributed by atoms with Gasteiger partial charge in [-0.1, -0.05) is 11.6 Å². The van der Waals surface area contributed by atoms with Crippen molar-refractivity contribution < 1.29 is 14.5 Å². The predicted molar refractivity (Wildman–Crippen MR) is 68.4 cm³/mol. The van der Waals surface area contributed by atoms with Gasteiger partial charge >= 0.3 is 5.97 Å². The number of carbonyl (C=O) groups is 1. The number of carbonyl (C=O) groups excluding carboxylic acids is 1. The molecule has 1 aromatic carbocycles. The first-order chi connectivity index (χ1) is 8.45. The normalized spacial score (nSPS) is 11.2. The van der Waals surface area contributed by atoms with Crippen LogP contribution >= 0.6 is 11.6 Å². The third-order valence-electron chi connectivity index (χ3n) is 2.16. The van der Waals surface area contributed by atoms with Crippen molar-refractivity contribution >= 4 is 29.3 Å². The lowest BCUT2D eigenvalue weighted by Crippen LogP contribution is -2.05. The maximum atomic E-state index is 11.4. The number of ether oxygens (including phenoxy) is 1. The zero-order chi connectivity index (χ0) is 13.7. The second kappa shape index (κ2) is 6.16. The molecule has 0 N–H and O–H groups in total. The molecule has 0 unspecified atom stereocenters. The van der Waals surface area contributed by atoms with Gasteiger partial charge in [-0.15, -0.1) is 0 Å². The minimum Gasteiger partial charge on any atom is -0.463 e. The molecule has 0 radical (unpaired) electrons. The molecule has 0 aliphatic heterocycles. The zero-order valence-electron chi connectivity index (χ0n) is 9.97. The molecule has 1 aromatic rings. The van der Waals surface area contributed by atoms with Gasteiger partial charge in [0, 0.05) is 16.7 Å². The molecule has 0 fully saturated rings. The van der Waals surface area contributed by atoms with Crippen LogP contribution in [0.1, 0.15) is 19.4 Å². The highest BCUT2D eigenvalue weighted by atomic mass is 35.5. The molecule has 0 saturated heterocycles. The van der Waals surface area contributed by atoms with Crippen LogP contribution in [0.4, 0.5) is 5.69 Å². The molecular weight excluding hydrogens is 258 g/mol. The van der Waals surface area contributed by atoms with Crippen molar-refractivity contribution in [3.8, 4) is 0 Å². The van der Waals surface area contributed by atoms with Crippen molar-refractivity contribution in [1.82, 2.24) is 0 Å². The topological polar surface area (TPSA) is 69.4 Å². The summed E-state index contributed by atoms with van der Waals surface area (Å²) >= 11 is 5.78. The Kier molecular flexibility index (Phi) is 4.85. The number of hydrogen-bond acceptors (Lipinski definition) is 4. The van der Waals surface area contributed by atoms with E-state index in [0.29, 0.717) is 5.02 Å². The first-order valence-electron chi connectivity index (χ1n) is 5.25. The largest absolute Gasteiger partial charge is 0.463 e. The summed E-state index contributed by atoms with van der Waals surface area (Å²) in [7, 11) is 0. The number of rotatable bonds is 4. The van der Waals surface area contributed by atoms with E-state index in [0.717, 1.165) is 0 Å². The summed E-state index contributed by atoms with van der Waals surface area (Å²) in [6.45, 7) is 3.47. The van der Waals surface area contributed by atoms with E-state index in [1.807, 2.05) is 0 Å². The van der Waals surface area contributed by atoms with Crippen LogP contribution in [0.2, 0.25) is 5.02 Å². The fourth-order valence-corrected chi connectivity index (χ4v) is 1.52. The van der Waals surface area contributed by atoms with E-state index >= 15 is 0 Å². The highest BCUT2D eigenvalue weighted by Gasteiger charge is 2.14. The van der Waals surface area contributed by atoms with Crippen LogP contribution in [0.3, 0.4) is 0 Å². The van der Waals surface area contributed by atoms with Gasteiger partial charge in [0.2, 0.25) is 0 Å². The second-order valence-electron chi connectivity index (χ2n) is 3.51. The van der Waals surface area contributed by atoms with Crippen LogP contribution in [0.25, 0.3) is 6.08 Å². The lowest BCUT2D eigenvalue weighted by molar-refractivity contribution is -0.385. The molecule has 0 aromatic heterocycles. The fraction of sp³-hybridized carbons (Fsp3) is 0.250. The van der Waals surface area contributed by atoms with Crippen molar-refractivity contribution in [2.24, 2.45) is 0 Å². The molecule has 18 heavy (non-hydrogen) atoms. The molecule has 0 bridgehead atoms. The minimum absolute atomic E-state index is 0.108. The molecule has 6 heteroatoms. The Morgan fingerprint density at radius 3 is 2.78 bits per heavy atom. The van der Waals surface area contributed by atoms with Crippen molar-refractivity contribution in [1.29, 1.82) is 0 Å². The summed E-state index contributed by atoms with van der Waals surface area (Å²) in [6.07, 6.45) is 1.39. The van der Waals surface area contributed by atoms with Gasteiger partial charge < -0.3 is 4.74 Å². The monoisotopic (exact) mass is 269 g/mol. The molecule has 0 aliphatic rings. The van der Waals surface area contributed by atoms with E-state index in [4.69, 9.17) is 16.3 Å². The molecule has 5 nitrogen and oxygen atoms in total. The van der Waals surface area contributed by atoms with Gasteiger partial charge in [0.25, 0.3) is 5.69 Å². The Hall–Kier alpha value is -1.88. The second-order valence-corrected chi connectivity index (χ2v) is 3.94. The molecule has 96 valence electrons. The minimum atomic E-state index is -0.527. The van der Waals surface area contributed by atoms with E-state index < -0.39 is 10.9 Å². The molecular formula is C12H12ClNO4. The van der Waals surface area contributed by atoms with Gasteiger partial charge in [0.15, 0.2) is 0 Å². The van der Waals surface area contributed by atoms with Crippen molar-refractivity contribution in [3.63, 3.8) is 0 Å². The smallest absolute Gasteiger partial charge is 0.333 e. The summed E-state index contributed by atoms with van der Waals surface area (Å²) in [4.78, 5) is 21.7. The van der Waals surface area contributed by atoms with Crippen LogP contribution in [0.15, 0.2) is 23.8 Å². The lowest BCUT2D eigenvalue weighted by atomic mass is 10.1. The number of nitrogens with zero attached hydrogens (tertiary/aromatic N) is 1. The summed E-state index contributed by atoms with van der Waals surface area (Å²) in [6, 6.07) is 4.16. The highest BCUT2D eigenvalue weighted by molar-refractivity contribution is 6.30. The predicted octanol–water partition coefficient (Wildman–Crippen LogP) is 3.21. The molecule has 0 saturated carbocycles. The van der Waals surface area contributed by atoms with Gasteiger partial charge in [-0.25, -0.2) is 4.79 Å². The Labute approximate surface area is 109 Å². The van der Waals surface area contributed by atoms with Crippen LogP contribution in [0.5, 0.6) is 0 Å². The van der Waals surface area contributed by atoms with Crippen molar-refractivity contribution in [3.05, 3.63) is 44.5 Å². The highest BCUT2D eigenvalue weighted by Crippen LogP contribution is 2.25. The van der Waals surface area contributed by atoms with E-state index in [1.165, 1.54) is 31.2 Å². The third-order valence-corrected chi connectivity index (χ3v) is 2.39. The average Bonchev–Trinajstić information content (AvgIpc) is 2.28. The van der Waals surface area contributed by atoms with Crippen LogP contribution in [-0.2, 0) is 9.53 Å². The molecule has 0 spiro atoms. The van der Waals surface area contributed by atoms with Crippen molar-refractivity contribution in [2.75, 3.05) is 6.61 Å². The Balaban J connectivity index is 3.16. The van der Waals surface area contributed by atoms with Gasteiger partial charge in [-0.05, 0) is 32.1 Å². The molecule has 0 aliphatic carbocycles. The number of nitro groups is 1. The molecule has 0 heterocycles. The number of benzene rings is 1. The van der Waals surface area contributed by atoms with E-state index in [-0.39, 0.29) is 23.4 Å². The SMILES string of the molecule is CCOC(=O)/C(C)=C/c1cc(Cl)ccc1[N+](=O)[O-]. The average molecular weight is 270 g/mol. The standard InChI is InChI=1S/C12H12ClNO4/c1-3-18-12(15)8(2)6-9-7-10(13)4-5-11(9)14(16)17/h4-7H,3H2,1-2H3/b8-6+. The Bertz CT molecular complexity index is 511. The molecule has 0 amide bonds. The molecule has 1 rings (SSSR count). The lowest BCUT2D eigenvalue weighted by Gasteiger charge is -2.03. The summed E-state index contributed by atoms with van der Waals surface area (Å²) in [5, 5.41) is 11.2. The zero-order valence-corrected chi connectivity index (χ0v) is 10.7. The van der Waals surface area contributed by atoms with Gasteiger partial charge in [-0.3, -0.25) is 10.1 Å². The summed E-state index contributed by atoms with van der Waals surface area (Å²) in [5.41, 5.74) is 0.448. The first kappa shape index (κ1) is 14.2. The van der Waals surface area contributed by atoms with E-state index in [1.54, 1.807) is 6.92 Å². The number of hydrogen-bond donors (Lipinski definition) is 0. The van der Waals surface area contributed by atoms with Crippen LogP contribution in [0, 0.1) is 10.1 Å². The van der Waals surface area contributed by atoms with Gasteiger partial charge in [0.05, 0.1) is 17.1 Å². The van der Waals surface area contributed by atoms with Crippen LogP contribution in [-0.4, -0.2) is 17.5 Å². The van der Waals surface area contributed by atoms with Crippen LogP contribution < -0.4 is 0 Å². The summed E-state index contributed by atoms with van der Waals surface area (Å²) in [5.74, 6) is -0.508. The quantitative estimate of drug-likeness (QED) is 0.364. The van der Waals surface area contributed by atoms with Crippen molar-refractivity contribution in [2.45, 2.75) is 13.8 Å². The fourth-order valence-electron chi connectivity index (χ4n) is 1.34. The Morgan fingerprint density at radius 1 is 1.56 bits per heavy atom.